The van der Waals surface area contributed by atoms with Crippen molar-refractivity contribution in [1.29, 1.82) is 5.26 Å². The van der Waals surface area contributed by atoms with Gasteiger partial charge in [0.15, 0.2) is 0 Å². The number of hydrogen-bond donors (Lipinski definition) is 2. The summed E-state index contributed by atoms with van der Waals surface area (Å²) in [6.07, 6.45) is 4.64. The highest BCUT2D eigenvalue weighted by Crippen LogP contribution is 2.36. The number of nitrogens with one attached hydrogen (secondary N) is 1. The first-order valence-electron chi connectivity index (χ1n) is 6.68. The third-order valence-electron chi connectivity index (χ3n) is 3.85. The fourth-order valence-corrected chi connectivity index (χ4v) is 2.77. The summed E-state index contributed by atoms with van der Waals surface area (Å²) < 4.78 is 0. The molecule has 6 nitrogen and oxygen atoms in total. The number of rotatable bonds is 4. The van der Waals surface area contributed by atoms with E-state index in [0.717, 1.165) is 32.1 Å². The molecule has 0 spiro atoms. The number of nitrogens with zero attached hydrogens (tertiary/aromatic N) is 2. The molecule has 0 atom stereocenters. The van der Waals surface area contributed by atoms with Crippen LogP contribution in [0.15, 0.2) is 18.2 Å². The molecule has 1 aromatic rings. The van der Waals surface area contributed by atoms with Crippen LogP contribution in [0.5, 0.6) is 0 Å². The van der Waals surface area contributed by atoms with Gasteiger partial charge in [-0.05, 0) is 25.0 Å². The van der Waals surface area contributed by atoms with E-state index in [4.69, 9.17) is 5.26 Å². The van der Waals surface area contributed by atoms with E-state index in [1.807, 2.05) is 6.07 Å². The van der Waals surface area contributed by atoms with E-state index in [1.165, 1.54) is 6.07 Å². The molecule has 2 rings (SSSR count). The van der Waals surface area contributed by atoms with E-state index in [2.05, 4.69) is 5.32 Å². The summed E-state index contributed by atoms with van der Waals surface area (Å²) in [6, 6.07) is 6.47. The van der Waals surface area contributed by atoms with Crippen molar-refractivity contribution in [2.75, 3.05) is 11.9 Å². The first-order valence-corrected chi connectivity index (χ1v) is 6.68. The Labute approximate surface area is 117 Å². The third-order valence-corrected chi connectivity index (χ3v) is 3.85. The van der Waals surface area contributed by atoms with E-state index >= 15 is 0 Å². The van der Waals surface area contributed by atoms with Gasteiger partial charge in [-0.25, -0.2) is 0 Å². The van der Waals surface area contributed by atoms with E-state index in [1.54, 1.807) is 12.1 Å². The summed E-state index contributed by atoms with van der Waals surface area (Å²) in [4.78, 5) is 10.6. The first-order chi connectivity index (χ1) is 9.62. The Balaban J connectivity index is 2.38. The maximum Gasteiger partial charge on any atom is 0.309 e. The molecule has 1 aliphatic carbocycles. The van der Waals surface area contributed by atoms with E-state index in [9.17, 15) is 15.2 Å². The van der Waals surface area contributed by atoms with Crippen LogP contribution in [0.3, 0.4) is 0 Å². The number of para-hydroxylation sites is 1. The number of anilines is 1. The number of aliphatic hydroxyl groups is 1. The average Bonchev–Trinajstić information content (AvgIpc) is 2.47. The van der Waals surface area contributed by atoms with Gasteiger partial charge in [-0.2, -0.15) is 5.26 Å². The largest absolute Gasteiger partial charge is 0.394 e. The van der Waals surface area contributed by atoms with Gasteiger partial charge in [-0.15, -0.1) is 0 Å². The number of hydrogen-bond acceptors (Lipinski definition) is 5. The topological polar surface area (TPSA) is 99.2 Å². The fraction of sp³-hybridized carbons (Fsp3) is 0.500. The molecule has 0 bridgehead atoms. The Morgan fingerprint density at radius 3 is 2.65 bits per heavy atom. The summed E-state index contributed by atoms with van der Waals surface area (Å²) in [6.45, 7) is -0.0685. The highest BCUT2D eigenvalue weighted by atomic mass is 16.6. The van der Waals surface area contributed by atoms with Crippen LogP contribution in [0.4, 0.5) is 11.4 Å². The fourth-order valence-electron chi connectivity index (χ4n) is 2.77. The Morgan fingerprint density at radius 2 is 2.10 bits per heavy atom. The Morgan fingerprint density at radius 1 is 1.40 bits per heavy atom. The number of nitro groups is 1. The molecule has 0 aliphatic heterocycles. The average molecular weight is 275 g/mol. The standard InChI is InChI=1S/C14H17N3O3/c15-9-11-5-4-6-12(13(11)17(19)20)16-14(10-18)7-2-1-3-8-14/h4-6,16,18H,1-3,7-8,10H2. The van der Waals surface area contributed by atoms with Crippen molar-refractivity contribution in [2.24, 2.45) is 0 Å². The second-order valence-electron chi connectivity index (χ2n) is 5.19. The van der Waals surface area contributed by atoms with Gasteiger partial charge >= 0.3 is 5.69 Å². The zero-order valence-electron chi connectivity index (χ0n) is 11.1. The van der Waals surface area contributed by atoms with E-state index in [-0.39, 0.29) is 17.9 Å². The highest BCUT2D eigenvalue weighted by Gasteiger charge is 2.33. The van der Waals surface area contributed by atoms with Gasteiger partial charge in [-0.1, -0.05) is 25.3 Å². The first kappa shape index (κ1) is 14.3. The number of nitro benzene ring substituents is 1. The lowest BCUT2D eigenvalue weighted by Gasteiger charge is -2.37. The van der Waals surface area contributed by atoms with Crippen LogP contribution in [-0.4, -0.2) is 22.2 Å². The number of aliphatic hydroxyl groups excluding tert-OH is 1. The van der Waals surface area contributed by atoms with Gasteiger partial charge in [0.2, 0.25) is 0 Å². The van der Waals surface area contributed by atoms with Crippen LogP contribution >= 0.6 is 0 Å². The van der Waals surface area contributed by atoms with E-state index < -0.39 is 10.5 Å². The monoisotopic (exact) mass is 275 g/mol. The Bertz CT molecular complexity index is 545. The predicted octanol–water partition coefficient (Wildman–Crippen LogP) is 2.57. The minimum absolute atomic E-state index is 0.0314. The van der Waals surface area contributed by atoms with Crippen molar-refractivity contribution in [3.05, 3.63) is 33.9 Å². The van der Waals surface area contributed by atoms with Crippen LogP contribution in [0.2, 0.25) is 0 Å². The lowest BCUT2D eigenvalue weighted by atomic mass is 9.82. The molecule has 0 radical (unpaired) electrons. The van der Waals surface area contributed by atoms with Crippen LogP contribution in [0, 0.1) is 21.4 Å². The molecule has 20 heavy (non-hydrogen) atoms. The molecular formula is C14H17N3O3. The van der Waals surface area contributed by atoms with Crippen molar-refractivity contribution in [3.8, 4) is 6.07 Å². The zero-order chi connectivity index (χ0) is 14.6. The van der Waals surface area contributed by atoms with Gasteiger partial charge in [0.1, 0.15) is 17.3 Å². The van der Waals surface area contributed by atoms with Gasteiger partial charge < -0.3 is 10.4 Å². The van der Waals surface area contributed by atoms with Gasteiger partial charge in [0.05, 0.1) is 17.1 Å². The molecule has 1 aromatic carbocycles. The van der Waals surface area contributed by atoms with Crippen molar-refractivity contribution < 1.29 is 10.0 Å². The summed E-state index contributed by atoms with van der Waals surface area (Å²) in [5, 5.41) is 33.0. The summed E-state index contributed by atoms with van der Waals surface area (Å²) >= 11 is 0. The Kier molecular flexibility index (Phi) is 4.20. The van der Waals surface area contributed by atoms with Crippen LogP contribution in [-0.2, 0) is 0 Å². The second kappa shape index (κ2) is 5.88. The van der Waals surface area contributed by atoms with Crippen molar-refractivity contribution in [3.63, 3.8) is 0 Å². The molecule has 1 aliphatic rings. The molecule has 0 amide bonds. The SMILES string of the molecule is N#Cc1cccc(NC2(CO)CCCCC2)c1[N+](=O)[O-]. The van der Waals surface area contributed by atoms with Crippen LogP contribution in [0.1, 0.15) is 37.7 Å². The molecule has 0 aromatic heterocycles. The zero-order valence-corrected chi connectivity index (χ0v) is 11.1. The molecule has 2 N–H and O–H groups in total. The van der Waals surface area contributed by atoms with Crippen molar-refractivity contribution in [1.82, 2.24) is 0 Å². The van der Waals surface area contributed by atoms with Crippen LogP contribution in [0.25, 0.3) is 0 Å². The molecule has 0 saturated heterocycles. The molecule has 0 unspecified atom stereocenters. The van der Waals surface area contributed by atoms with E-state index in [0.29, 0.717) is 5.69 Å². The van der Waals surface area contributed by atoms with Gasteiger partial charge in [-0.3, -0.25) is 10.1 Å². The highest BCUT2D eigenvalue weighted by molar-refractivity contribution is 5.69. The molecule has 6 heteroatoms. The predicted molar refractivity (Wildman–Crippen MR) is 74.3 cm³/mol. The maximum atomic E-state index is 11.2. The summed E-state index contributed by atoms with van der Waals surface area (Å²) in [5.74, 6) is 0. The minimum Gasteiger partial charge on any atom is -0.394 e. The van der Waals surface area contributed by atoms with Crippen molar-refractivity contribution >= 4 is 11.4 Å². The van der Waals surface area contributed by atoms with Crippen molar-refractivity contribution in [2.45, 2.75) is 37.6 Å². The Hall–Kier alpha value is -2.13. The smallest absolute Gasteiger partial charge is 0.309 e. The minimum atomic E-state index is -0.547. The second-order valence-corrected chi connectivity index (χ2v) is 5.19. The quantitative estimate of drug-likeness (QED) is 0.650. The normalized spacial score (nSPS) is 17.2. The molecule has 1 saturated carbocycles. The number of nitriles is 1. The maximum absolute atomic E-state index is 11.2. The lowest BCUT2D eigenvalue weighted by molar-refractivity contribution is -0.384. The number of benzene rings is 1. The van der Waals surface area contributed by atoms with Gasteiger partial charge in [0.25, 0.3) is 0 Å². The lowest BCUT2D eigenvalue weighted by Crippen LogP contribution is -2.44. The van der Waals surface area contributed by atoms with Crippen LogP contribution < -0.4 is 5.32 Å². The summed E-state index contributed by atoms with van der Waals surface area (Å²) in [7, 11) is 0. The molecule has 1 fully saturated rings. The van der Waals surface area contributed by atoms with Gasteiger partial charge in [0, 0.05) is 0 Å². The molecular weight excluding hydrogens is 258 g/mol. The summed E-state index contributed by atoms with van der Waals surface area (Å²) in [5.41, 5.74) is -0.390. The third kappa shape index (κ3) is 2.73. The molecule has 106 valence electrons. The molecule has 0 heterocycles.